The van der Waals surface area contributed by atoms with Crippen molar-refractivity contribution >= 4 is 5.97 Å². The van der Waals surface area contributed by atoms with Gasteiger partial charge in [-0.05, 0) is 61.1 Å². The molecule has 4 nitrogen and oxygen atoms in total. The molecule has 0 saturated heterocycles. The van der Waals surface area contributed by atoms with E-state index in [0.29, 0.717) is 11.4 Å². The second-order valence-electron chi connectivity index (χ2n) is 9.12. The molecule has 0 saturated carbocycles. The molecule has 0 aliphatic heterocycles. The molecule has 0 aliphatic rings. The van der Waals surface area contributed by atoms with Gasteiger partial charge in [-0.25, -0.2) is 19.2 Å². The van der Waals surface area contributed by atoms with Gasteiger partial charge in [-0.1, -0.05) is 77.0 Å². The van der Waals surface area contributed by atoms with Crippen LogP contribution < -0.4 is 4.74 Å². The zero-order valence-electron chi connectivity index (χ0n) is 21.1. The lowest BCUT2D eigenvalue weighted by molar-refractivity contribution is 0.0728. The van der Waals surface area contributed by atoms with Crippen LogP contribution in [0.4, 0.5) is 4.39 Å². The van der Waals surface area contributed by atoms with Crippen LogP contribution in [0, 0.1) is 5.82 Å². The SMILES string of the molecule is CCCCCCCc1ccc(OC(=O)c2ccc(-c3ncc(CCCCCC)cn3)cc2)c(F)c1. The molecular weight excluding hydrogens is 439 g/mol. The van der Waals surface area contributed by atoms with Gasteiger partial charge >= 0.3 is 5.97 Å². The highest BCUT2D eigenvalue weighted by atomic mass is 19.1. The molecule has 35 heavy (non-hydrogen) atoms. The average Bonchev–Trinajstić information content (AvgIpc) is 2.88. The standard InChI is InChI=1S/C30H37FN2O2/c1-3-5-7-9-11-12-23-14-19-28(27(31)20-23)35-30(34)26-17-15-25(16-18-26)29-32-21-24(22-33-29)13-10-8-6-4-2/h14-22H,3-13H2,1-2H3. The van der Waals surface area contributed by atoms with Crippen LogP contribution in [0.3, 0.4) is 0 Å². The maximum atomic E-state index is 14.5. The van der Waals surface area contributed by atoms with Gasteiger partial charge in [0.05, 0.1) is 5.56 Å². The number of carbonyl (C=O) groups is 1. The van der Waals surface area contributed by atoms with Gasteiger partial charge in [0.15, 0.2) is 17.4 Å². The van der Waals surface area contributed by atoms with E-state index in [1.165, 1.54) is 44.6 Å². The Morgan fingerprint density at radius 3 is 2.00 bits per heavy atom. The van der Waals surface area contributed by atoms with Crippen LogP contribution in [0.1, 0.15) is 93.1 Å². The van der Waals surface area contributed by atoms with Gasteiger partial charge in [0.1, 0.15) is 0 Å². The molecule has 0 unspecified atom stereocenters. The highest BCUT2D eigenvalue weighted by molar-refractivity contribution is 5.91. The minimum Gasteiger partial charge on any atom is -0.420 e. The summed E-state index contributed by atoms with van der Waals surface area (Å²) in [7, 11) is 0. The maximum absolute atomic E-state index is 14.5. The van der Waals surface area contributed by atoms with E-state index >= 15 is 0 Å². The van der Waals surface area contributed by atoms with Crippen LogP contribution >= 0.6 is 0 Å². The van der Waals surface area contributed by atoms with Crippen molar-refractivity contribution in [3.63, 3.8) is 0 Å². The number of aryl methyl sites for hydroxylation is 2. The van der Waals surface area contributed by atoms with E-state index in [-0.39, 0.29) is 5.75 Å². The lowest BCUT2D eigenvalue weighted by Crippen LogP contribution is -2.09. The van der Waals surface area contributed by atoms with Gasteiger partial charge in [0.2, 0.25) is 0 Å². The first-order chi connectivity index (χ1) is 17.1. The molecule has 0 spiro atoms. The number of carbonyl (C=O) groups excluding carboxylic acids is 1. The Labute approximate surface area is 209 Å². The molecule has 3 rings (SSSR count). The van der Waals surface area contributed by atoms with Crippen molar-refractivity contribution in [2.45, 2.75) is 84.5 Å². The van der Waals surface area contributed by atoms with Crippen molar-refractivity contribution < 1.29 is 13.9 Å². The fourth-order valence-electron chi connectivity index (χ4n) is 4.02. The Hall–Kier alpha value is -3.08. The summed E-state index contributed by atoms with van der Waals surface area (Å²) < 4.78 is 19.8. The normalized spacial score (nSPS) is 10.9. The summed E-state index contributed by atoms with van der Waals surface area (Å²) >= 11 is 0. The summed E-state index contributed by atoms with van der Waals surface area (Å²) in [4.78, 5) is 21.5. The zero-order chi connectivity index (χ0) is 24.9. The van der Waals surface area contributed by atoms with Crippen LogP contribution in [0.25, 0.3) is 11.4 Å². The molecule has 0 bridgehead atoms. The van der Waals surface area contributed by atoms with E-state index in [1.807, 2.05) is 18.5 Å². The number of nitrogens with zero attached hydrogens (tertiary/aromatic N) is 2. The van der Waals surface area contributed by atoms with E-state index in [4.69, 9.17) is 4.74 Å². The highest BCUT2D eigenvalue weighted by Crippen LogP contribution is 2.22. The summed E-state index contributed by atoms with van der Waals surface area (Å²) in [5.74, 6) is -0.541. The summed E-state index contributed by atoms with van der Waals surface area (Å²) in [6.45, 7) is 4.39. The zero-order valence-corrected chi connectivity index (χ0v) is 21.1. The Morgan fingerprint density at radius 1 is 0.771 bits per heavy atom. The lowest BCUT2D eigenvalue weighted by Gasteiger charge is -2.08. The quantitative estimate of drug-likeness (QED) is 0.134. The van der Waals surface area contributed by atoms with Gasteiger partial charge in [-0.3, -0.25) is 0 Å². The number of hydrogen-bond acceptors (Lipinski definition) is 4. The molecule has 2 aromatic carbocycles. The average molecular weight is 477 g/mol. The summed E-state index contributed by atoms with van der Waals surface area (Å²) in [6.07, 6.45) is 16.3. The maximum Gasteiger partial charge on any atom is 0.343 e. The minimum absolute atomic E-state index is 0.0494. The minimum atomic E-state index is -0.592. The van der Waals surface area contributed by atoms with Gasteiger partial charge in [-0.15, -0.1) is 0 Å². The monoisotopic (exact) mass is 476 g/mol. The van der Waals surface area contributed by atoms with Crippen molar-refractivity contribution in [2.24, 2.45) is 0 Å². The van der Waals surface area contributed by atoms with E-state index in [0.717, 1.165) is 48.8 Å². The third-order valence-electron chi connectivity index (χ3n) is 6.17. The number of unbranched alkanes of at least 4 members (excludes halogenated alkanes) is 7. The number of aromatic nitrogens is 2. The Balaban J connectivity index is 1.53. The predicted octanol–water partition coefficient (Wildman–Crippen LogP) is 8.14. The van der Waals surface area contributed by atoms with Crippen LogP contribution in [-0.4, -0.2) is 15.9 Å². The number of esters is 1. The van der Waals surface area contributed by atoms with E-state index in [2.05, 4.69) is 23.8 Å². The molecule has 0 N–H and O–H groups in total. The number of ether oxygens (including phenoxy) is 1. The number of rotatable bonds is 14. The smallest absolute Gasteiger partial charge is 0.343 e. The Morgan fingerprint density at radius 2 is 1.37 bits per heavy atom. The first kappa shape index (κ1) is 26.5. The molecule has 0 atom stereocenters. The van der Waals surface area contributed by atoms with Crippen LogP contribution in [0.2, 0.25) is 0 Å². The molecule has 0 aliphatic carbocycles. The first-order valence-corrected chi connectivity index (χ1v) is 13.0. The Bertz CT molecular complexity index is 1050. The fourth-order valence-corrected chi connectivity index (χ4v) is 4.02. The summed E-state index contributed by atoms with van der Waals surface area (Å²) in [6, 6.07) is 11.7. The fraction of sp³-hybridized carbons (Fsp3) is 0.433. The first-order valence-electron chi connectivity index (χ1n) is 13.0. The van der Waals surface area contributed by atoms with Crippen LogP contribution in [-0.2, 0) is 12.8 Å². The molecule has 3 aromatic rings. The molecule has 186 valence electrons. The van der Waals surface area contributed by atoms with Crippen LogP contribution in [0.15, 0.2) is 54.9 Å². The van der Waals surface area contributed by atoms with Crippen molar-refractivity contribution in [3.05, 3.63) is 77.4 Å². The summed E-state index contributed by atoms with van der Waals surface area (Å²) in [5.41, 5.74) is 3.22. The molecular formula is C30H37FN2O2. The lowest BCUT2D eigenvalue weighted by atomic mass is 10.1. The van der Waals surface area contributed by atoms with Crippen LogP contribution in [0.5, 0.6) is 5.75 Å². The van der Waals surface area contributed by atoms with Gasteiger partial charge < -0.3 is 4.74 Å². The number of benzene rings is 2. The molecule has 5 heteroatoms. The second kappa shape index (κ2) is 14.3. The molecule has 1 aromatic heterocycles. The van der Waals surface area contributed by atoms with Crippen molar-refractivity contribution in [2.75, 3.05) is 0 Å². The molecule has 0 fully saturated rings. The van der Waals surface area contributed by atoms with Crippen molar-refractivity contribution in [1.29, 1.82) is 0 Å². The third kappa shape index (κ3) is 8.57. The second-order valence-corrected chi connectivity index (χ2v) is 9.12. The highest BCUT2D eigenvalue weighted by Gasteiger charge is 2.13. The summed E-state index contributed by atoms with van der Waals surface area (Å²) in [5, 5.41) is 0. The largest absolute Gasteiger partial charge is 0.420 e. The van der Waals surface area contributed by atoms with E-state index < -0.39 is 11.8 Å². The number of hydrogen-bond donors (Lipinski definition) is 0. The molecule has 0 amide bonds. The van der Waals surface area contributed by atoms with Gasteiger partial charge in [0.25, 0.3) is 0 Å². The van der Waals surface area contributed by atoms with Crippen molar-refractivity contribution in [1.82, 2.24) is 9.97 Å². The third-order valence-corrected chi connectivity index (χ3v) is 6.17. The molecule has 0 radical (unpaired) electrons. The Kier molecular flexibility index (Phi) is 10.9. The van der Waals surface area contributed by atoms with E-state index in [1.54, 1.807) is 30.3 Å². The van der Waals surface area contributed by atoms with Gasteiger partial charge in [-0.2, -0.15) is 0 Å². The number of halogens is 1. The topological polar surface area (TPSA) is 52.1 Å². The van der Waals surface area contributed by atoms with Crippen molar-refractivity contribution in [3.8, 4) is 17.1 Å². The predicted molar refractivity (Wildman–Crippen MR) is 139 cm³/mol. The van der Waals surface area contributed by atoms with Gasteiger partial charge in [0, 0.05) is 18.0 Å². The molecule has 1 heterocycles. The van der Waals surface area contributed by atoms with E-state index in [9.17, 15) is 9.18 Å².